The van der Waals surface area contributed by atoms with Gasteiger partial charge in [0.15, 0.2) is 0 Å². The van der Waals surface area contributed by atoms with Crippen LogP contribution < -0.4 is 5.73 Å². The summed E-state index contributed by atoms with van der Waals surface area (Å²) in [6, 6.07) is 0.190. The minimum Gasteiger partial charge on any atom is -0.325 e. The maximum atomic E-state index is 12.7. The van der Waals surface area contributed by atoms with E-state index in [9.17, 15) is 26.7 Å². The number of alkyl halides is 5. The van der Waals surface area contributed by atoms with Crippen molar-refractivity contribution in [3.8, 4) is 0 Å². The van der Waals surface area contributed by atoms with E-state index in [0.29, 0.717) is 0 Å². The number of aromatic nitrogens is 1. The van der Waals surface area contributed by atoms with Crippen LogP contribution in [0.3, 0.4) is 0 Å². The van der Waals surface area contributed by atoms with Crippen molar-refractivity contribution >= 4 is 16.8 Å². The van der Waals surface area contributed by atoms with E-state index in [1.54, 1.807) is 0 Å². The summed E-state index contributed by atoms with van der Waals surface area (Å²) in [6.45, 7) is -0.666. The predicted molar refractivity (Wildman–Crippen MR) is 52.3 cm³/mol. The number of carbonyl (C=O) groups is 1. The van der Waals surface area contributed by atoms with Gasteiger partial charge in [0.1, 0.15) is 5.69 Å². The van der Waals surface area contributed by atoms with E-state index in [1.807, 2.05) is 0 Å². The van der Waals surface area contributed by atoms with E-state index < -0.39 is 46.9 Å². The molecule has 0 saturated heterocycles. The quantitative estimate of drug-likeness (QED) is 0.687. The molecule has 0 fully saturated rings. The molecule has 0 saturated carbocycles. The molecule has 18 heavy (non-hydrogen) atoms. The average Bonchev–Trinajstić information content (AvgIpc) is 2.25. The first-order valence-corrected chi connectivity index (χ1v) is 4.85. The molecule has 0 aliphatic carbocycles. The summed E-state index contributed by atoms with van der Waals surface area (Å²) < 4.78 is 62.7. The predicted octanol–water partition coefficient (Wildman–Crippen LogP) is 2.88. The fourth-order valence-electron chi connectivity index (χ4n) is 1.31. The third kappa shape index (κ3) is 2.94. The fraction of sp³-hybridized carbons (Fsp3) is 0.333. The van der Waals surface area contributed by atoms with Crippen molar-refractivity contribution < 1.29 is 26.7 Å². The van der Waals surface area contributed by atoms with Crippen LogP contribution in [-0.2, 0) is 12.7 Å². The Morgan fingerprint density at radius 1 is 1.44 bits per heavy atom. The summed E-state index contributed by atoms with van der Waals surface area (Å²) in [6.07, 6.45) is -8.08. The third-order valence-electron chi connectivity index (χ3n) is 2.05. The van der Waals surface area contributed by atoms with E-state index in [1.165, 1.54) is 0 Å². The summed E-state index contributed by atoms with van der Waals surface area (Å²) in [5, 5.41) is -1.42. The molecule has 0 unspecified atom stereocenters. The molecule has 0 aromatic carbocycles. The Bertz CT molecular complexity index is 475. The Hall–Kier alpha value is -1.28. The lowest BCUT2D eigenvalue weighted by Crippen LogP contribution is -2.17. The van der Waals surface area contributed by atoms with Crippen LogP contribution in [0.2, 0.25) is 0 Å². The van der Waals surface area contributed by atoms with Gasteiger partial charge >= 0.3 is 6.18 Å². The van der Waals surface area contributed by atoms with Crippen LogP contribution in [0.25, 0.3) is 0 Å². The van der Waals surface area contributed by atoms with Crippen molar-refractivity contribution in [2.45, 2.75) is 19.1 Å². The molecular weight excluding hydrogens is 283 g/mol. The maximum Gasteiger partial charge on any atom is 0.433 e. The number of halogens is 6. The normalized spacial score (nSPS) is 12.0. The largest absolute Gasteiger partial charge is 0.433 e. The minimum atomic E-state index is -4.88. The van der Waals surface area contributed by atoms with Crippen molar-refractivity contribution in [2.24, 2.45) is 5.73 Å². The highest BCUT2D eigenvalue weighted by Crippen LogP contribution is 2.33. The highest BCUT2D eigenvalue weighted by atomic mass is 35.5. The van der Waals surface area contributed by atoms with Crippen LogP contribution in [0.15, 0.2) is 6.07 Å². The molecule has 1 aromatic heterocycles. The van der Waals surface area contributed by atoms with Gasteiger partial charge in [-0.25, -0.2) is 13.8 Å². The lowest BCUT2D eigenvalue weighted by Gasteiger charge is -2.14. The number of nitrogens with two attached hydrogens (primary N) is 1. The van der Waals surface area contributed by atoms with Crippen LogP contribution in [0, 0.1) is 0 Å². The maximum absolute atomic E-state index is 12.7. The summed E-state index contributed by atoms with van der Waals surface area (Å²) in [4.78, 5) is 13.9. The third-order valence-corrected chi connectivity index (χ3v) is 2.25. The van der Waals surface area contributed by atoms with Crippen LogP contribution in [0.5, 0.6) is 0 Å². The van der Waals surface area contributed by atoms with E-state index in [4.69, 9.17) is 17.3 Å². The van der Waals surface area contributed by atoms with Crippen molar-refractivity contribution in [1.82, 2.24) is 4.98 Å². The Balaban J connectivity index is 3.59. The molecule has 2 N–H and O–H groups in total. The molecule has 0 bridgehead atoms. The van der Waals surface area contributed by atoms with Crippen molar-refractivity contribution in [2.75, 3.05) is 0 Å². The van der Waals surface area contributed by atoms with Crippen LogP contribution in [0.4, 0.5) is 22.0 Å². The monoisotopic (exact) mass is 288 g/mol. The molecule has 9 heteroatoms. The zero-order chi connectivity index (χ0) is 14.1. The smallest absolute Gasteiger partial charge is 0.325 e. The van der Waals surface area contributed by atoms with Gasteiger partial charge in [-0.15, -0.1) is 0 Å². The molecule has 0 aliphatic heterocycles. The summed E-state index contributed by atoms with van der Waals surface area (Å²) in [7, 11) is 0. The van der Waals surface area contributed by atoms with E-state index in [2.05, 4.69) is 4.98 Å². The molecule has 100 valence electrons. The lowest BCUT2D eigenvalue weighted by molar-refractivity contribution is -0.141. The number of rotatable bonds is 3. The molecule has 1 aromatic rings. The number of carbonyl (C=O) groups excluding carboxylic acids is 1. The first-order valence-electron chi connectivity index (χ1n) is 4.47. The van der Waals surface area contributed by atoms with Gasteiger partial charge in [0.05, 0.1) is 11.3 Å². The van der Waals surface area contributed by atoms with Gasteiger partial charge in [0.25, 0.3) is 11.7 Å². The average molecular weight is 289 g/mol. The molecule has 1 rings (SSSR count). The number of hydrogen-bond acceptors (Lipinski definition) is 3. The highest BCUT2D eigenvalue weighted by molar-refractivity contribution is 6.68. The SMILES string of the molecule is NCc1nc(C(F)(F)F)cc(C(=O)Cl)c1C(F)F. The number of hydrogen-bond donors (Lipinski definition) is 1. The first-order chi connectivity index (χ1) is 8.18. The lowest BCUT2D eigenvalue weighted by atomic mass is 10.1. The molecule has 0 amide bonds. The summed E-state index contributed by atoms with van der Waals surface area (Å²) in [5.41, 5.74) is 0.955. The van der Waals surface area contributed by atoms with Crippen LogP contribution >= 0.6 is 11.6 Å². The van der Waals surface area contributed by atoms with Gasteiger partial charge in [0, 0.05) is 12.1 Å². The zero-order valence-corrected chi connectivity index (χ0v) is 9.32. The van der Waals surface area contributed by atoms with Gasteiger partial charge < -0.3 is 5.73 Å². The second-order valence-corrected chi connectivity index (χ2v) is 3.53. The second-order valence-electron chi connectivity index (χ2n) is 3.19. The Kier molecular flexibility index (Phi) is 4.23. The molecule has 0 aliphatic rings. The Labute approximate surface area is 103 Å². The molecule has 3 nitrogen and oxygen atoms in total. The summed E-state index contributed by atoms with van der Waals surface area (Å²) >= 11 is 5.00. The number of nitrogens with zero attached hydrogens (tertiary/aromatic N) is 1. The number of pyridine rings is 1. The topological polar surface area (TPSA) is 56.0 Å². The standard InChI is InChI=1S/C9H6ClF5N2O/c10-7(18)3-1-5(9(13,14)15)17-4(2-16)6(3)8(11)12/h1,8H,2,16H2. The Morgan fingerprint density at radius 3 is 2.33 bits per heavy atom. The van der Waals surface area contributed by atoms with Crippen molar-refractivity contribution in [3.05, 3.63) is 28.6 Å². The van der Waals surface area contributed by atoms with E-state index in [-0.39, 0.29) is 6.07 Å². The molecule has 1 heterocycles. The van der Waals surface area contributed by atoms with Crippen molar-refractivity contribution in [3.63, 3.8) is 0 Å². The van der Waals surface area contributed by atoms with Crippen LogP contribution in [0.1, 0.15) is 33.7 Å². The molecular formula is C9H6ClF5N2O. The molecule has 0 spiro atoms. The summed E-state index contributed by atoms with van der Waals surface area (Å²) in [5.74, 6) is 0. The molecule has 0 atom stereocenters. The molecule has 0 radical (unpaired) electrons. The van der Waals surface area contributed by atoms with Gasteiger partial charge in [-0.3, -0.25) is 4.79 Å². The van der Waals surface area contributed by atoms with Gasteiger partial charge in [0.2, 0.25) is 0 Å². The van der Waals surface area contributed by atoms with Crippen LogP contribution in [-0.4, -0.2) is 10.2 Å². The van der Waals surface area contributed by atoms with E-state index >= 15 is 0 Å². The van der Waals surface area contributed by atoms with Gasteiger partial charge in [-0.1, -0.05) is 0 Å². The van der Waals surface area contributed by atoms with E-state index in [0.717, 1.165) is 0 Å². The van der Waals surface area contributed by atoms with Gasteiger partial charge in [-0.2, -0.15) is 13.2 Å². The second kappa shape index (κ2) is 5.15. The van der Waals surface area contributed by atoms with Gasteiger partial charge in [-0.05, 0) is 17.7 Å². The van der Waals surface area contributed by atoms with Crippen molar-refractivity contribution in [1.29, 1.82) is 0 Å². The fourth-order valence-corrected chi connectivity index (χ4v) is 1.47. The zero-order valence-electron chi connectivity index (χ0n) is 8.56. The Morgan fingerprint density at radius 2 is 2.00 bits per heavy atom. The highest BCUT2D eigenvalue weighted by Gasteiger charge is 2.35. The minimum absolute atomic E-state index is 0.190. The first kappa shape index (κ1) is 14.8.